The molecule has 0 aromatic heterocycles. The van der Waals surface area contributed by atoms with E-state index in [4.69, 9.17) is 9.47 Å². The fourth-order valence-electron chi connectivity index (χ4n) is 3.40. The lowest BCUT2D eigenvalue weighted by atomic mass is 9.76. The second-order valence-corrected chi connectivity index (χ2v) is 5.68. The van der Waals surface area contributed by atoms with E-state index < -0.39 is 0 Å². The molecule has 1 N–H and O–H groups in total. The summed E-state index contributed by atoms with van der Waals surface area (Å²) in [5, 5.41) is 3.36. The molecular formula is C17H27NO2. The number of methoxy groups -OCH3 is 2. The maximum absolute atomic E-state index is 5.45. The van der Waals surface area contributed by atoms with Gasteiger partial charge in [-0.15, -0.1) is 0 Å². The van der Waals surface area contributed by atoms with Crippen molar-refractivity contribution in [2.24, 2.45) is 5.92 Å². The second kappa shape index (κ2) is 7.53. The summed E-state index contributed by atoms with van der Waals surface area (Å²) in [6, 6.07) is 6.37. The standard InChI is InChI=1S/C17H27NO2/c1-18-12-15(13-7-5-4-6-8-13)14-9-10-16(19-2)17(11-14)20-3/h9-11,13,15,18H,4-8,12H2,1-3H3. The fraction of sp³-hybridized carbons (Fsp3) is 0.647. The minimum absolute atomic E-state index is 0.570. The smallest absolute Gasteiger partial charge is 0.160 e. The molecule has 1 aliphatic rings. The molecule has 0 aliphatic heterocycles. The highest BCUT2D eigenvalue weighted by atomic mass is 16.5. The number of hydrogen-bond donors (Lipinski definition) is 1. The normalized spacial score (nSPS) is 17.8. The Morgan fingerprint density at radius 1 is 1.10 bits per heavy atom. The summed E-state index contributed by atoms with van der Waals surface area (Å²) >= 11 is 0. The Balaban J connectivity index is 2.23. The van der Waals surface area contributed by atoms with Gasteiger partial charge < -0.3 is 14.8 Å². The van der Waals surface area contributed by atoms with Gasteiger partial charge in [0.2, 0.25) is 0 Å². The Kier molecular flexibility index (Phi) is 5.72. The van der Waals surface area contributed by atoms with Crippen molar-refractivity contribution >= 4 is 0 Å². The summed E-state index contributed by atoms with van der Waals surface area (Å²) in [6.07, 6.45) is 6.84. The number of benzene rings is 1. The van der Waals surface area contributed by atoms with Crippen molar-refractivity contribution in [1.82, 2.24) is 5.32 Å². The Hall–Kier alpha value is -1.22. The molecule has 3 nitrogen and oxygen atoms in total. The van der Waals surface area contributed by atoms with E-state index in [1.54, 1.807) is 14.2 Å². The van der Waals surface area contributed by atoms with Crippen molar-refractivity contribution in [3.8, 4) is 11.5 Å². The van der Waals surface area contributed by atoms with Crippen molar-refractivity contribution in [3.05, 3.63) is 23.8 Å². The van der Waals surface area contributed by atoms with Crippen LogP contribution in [-0.4, -0.2) is 27.8 Å². The highest BCUT2D eigenvalue weighted by Crippen LogP contribution is 2.38. The number of nitrogens with one attached hydrogen (secondary N) is 1. The Morgan fingerprint density at radius 2 is 1.80 bits per heavy atom. The lowest BCUT2D eigenvalue weighted by Crippen LogP contribution is -2.25. The van der Waals surface area contributed by atoms with Crippen molar-refractivity contribution in [1.29, 1.82) is 0 Å². The molecular weight excluding hydrogens is 250 g/mol. The van der Waals surface area contributed by atoms with E-state index >= 15 is 0 Å². The van der Waals surface area contributed by atoms with Crippen molar-refractivity contribution in [2.45, 2.75) is 38.0 Å². The molecule has 0 bridgehead atoms. The SMILES string of the molecule is CNCC(c1ccc(OC)c(OC)c1)C1CCCCC1. The zero-order chi connectivity index (χ0) is 14.4. The molecule has 0 amide bonds. The summed E-state index contributed by atoms with van der Waals surface area (Å²) in [6.45, 7) is 1.03. The number of likely N-dealkylation sites (N-methyl/N-ethyl adjacent to an activating group) is 1. The van der Waals surface area contributed by atoms with Gasteiger partial charge in [-0.05, 0) is 49.4 Å². The van der Waals surface area contributed by atoms with Crippen LogP contribution < -0.4 is 14.8 Å². The van der Waals surface area contributed by atoms with E-state index in [0.717, 1.165) is 24.0 Å². The van der Waals surface area contributed by atoms with Crippen LogP contribution in [0.5, 0.6) is 11.5 Å². The van der Waals surface area contributed by atoms with E-state index in [0.29, 0.717) is 5.92 Å². The van der Waals surface area contributed by atoms with E-state index in [1.807, 2.05) is 13.1 Å². The van der Waals surface area contributed by atoms with Gasteiger partial charge in [0.25, 0.3) is 0 Å². The van der Waals surface area contributed by atoms with Crippen LogP contribution in [-0.2, 0) is 0 Å². The topological polar surface area (TPSA) is 30.5 Å². The van der Waals surface area contributed by atoms with Crippen molar-refractivity contribution in [2.75, 3.05) is 27.8 Å². The molecule has 20 heavy (non-hydrogen) atoms. The lowest BCUT2D eigenvalue weighted by molar-refractivity contribution is 0.298. The molecule has 0 saturated heterocycles. The average Bonchev–Trinajstić information content (AvgIpc) is 2.52. The van der Waals surface area contributed by atoms with Gasteiger partial charge in [-0.25, -0.2) is 0 Å². The monoisotopic (exact) mass is 277 g/mol. The first-order chi connectivity index (χ1) is 9.80. The maximum Gasteiger partial charge on any atom is 0.160 e. The van der Waals surface area contributed by atoms with E-state index in [1.165, 1.54) is 37.7 Å². The van der Waals surface area contributed by atoms with Crippen LogP contribution in [0.1, 0.15) is 43.6 Å². The average molecular weight is 277 g/mol. The predicted molar refractivity (Wildman–Crippen MR) is 82.8 cm³/mol. The molecule has 3 heteroatoms. The van der Waals surface area contributed by atoms with Gasteiger partial charge >= 0.3 is 0 Å². The van der Waals surface area contributed by atoms with Crippen LogP contribution in [0.15, 0.2) is 18.2 Å². The molecule has 112 valence electrons. The highest BCUT2D eigenvalue weighted by molar-refractivity contribution is 5.44. The third-order valence-corrected chi connectivity index (χ3v) is 4.48. The van der Waals surface area contributed by atoms with Crippen LogP contribution in [0.3, 0.4) is 0 Å². The quantitative estimate of drug-likeness (QED) is 0.862. The van der Waals surface area contributed by atoms with E-state index in [2.05, 4.69) is 17.4 Å². The molecule has 0 radical (unpaired) electrons. The van der Waals surface area contributed by atoms with Crippen molar-refractivity contribution in [3.63, 3.8) is 0 Å². The van der Waals surface area contributed by atoms with Gasteiger partial charge in [0.15, 0.2) is 11.5 Å². The molecule has 0 spiro atoms. The fourth-order valence-corrected chi connectivity index (χ4v) is 3.40. The first-order valence-corrected chi connectivity index (χ1v) is 7.66. The Labute approximate surface area is 122 Å². The second-order valence-electron chi connectivity index (χ2n) is 5.68. The van der Waals surface area contributed by atoms with Crippen molar-refractivity contribution < 1.29 is 9.47 Å². The highest BCUT2D eigenvalue weighted by Gasteiger charge is 2.25. The Bertz CT molecular complexity index is 413. The first-order valence-electron chi connectivity index (χ1n) is 7.66. The largest absolute Gasteiger partial charge is 0.493 e. The minimum Gasteiger partial charge on any atom is -0.493 e. The van der Waals surface area contributed by atoms with Gasteiger partial charge in [-0.1, -0.05) is 25.3 Å². The van der Waals surface area contributed by atoms with Crippen LogP contribution in [0.4, 0.5) is 0 Å². The third-order valence-electron chi connectivity index (χ3n) is 4.48. The molecule has 1 atom stereocenters. The summed E-state index contributed by atoms with van der Waals surface area (Å²) in [4.78, 5) is 0. The first kappa shape index (κ1) is 15.2. The summed E-state index contributed by atoms with van der Waals surface area (Å²) in [7, 11) is 5.43. The minimum atomic E-state index is 0.570. The third kappa shape index (κ3) is 3.45. The number of rotatable bonds is 6. The zero-order valence-corrected chi connectivity index (χ0v) is 12.9. The zero-order valence-electron chi connectivity index (χ0n) is 12.9. The Morgan fingerprint density at radius 3 is 2.40 bits per heavy atom. The molecule has 1 fully saturated rings. The number of hydrogen-bond acceptors (Lipinski definition) is 3. The van der Waals surface area contributed by atoms with Crippen LogP contribution in [0, 0.1) is 5.92 Å². The van der Waals surface area contributed by atoms with E-state index in [-0.39, 0.29) is 0 Å². The van der Waals surface area contributed by atoms with Crippen LogP contribution >= 0.6 is 0 Å². The molecule has 1 unspecified atom stereocenters. The molecule has 1 aliphatic carbocycles. The summed E-state index contributed by atoms with van der Waals surface area (Å²) in [5.74, 6) is 3.00. The molecule has 1 aromatic rings. The maximum atomic E-state index is 5.45. The molecule has 2 rings (SSSR count). The van der Waals surface area contributed by atoms with Gasteiger partial charge in [-0.3, -0.25) is 0 Å². The van der Waals surface area contributed by atoms with E-state index in [9.17, 15) is 0 Å². The van der Waals surface area contributed by atoms with Gasteiger partial charge in [0.1, 0.15) is 0 Å². The molecule has 0 heterocycles. The lowest BCUT2D eigenvalue weighted by Gasteiger charge is -2.31. The summed E-state index contributed by atoms with van der Waals surface area (Å²) in [5.41, 5.74) is 1.36. The van der Waals surface area contributed by atoms with Crippen LogP contribution in [0.25, 0.3) is 0 Å². The molecule has 1 aromatic carbocycles. The number of ether oxygens (including phenoxy) is 2. The van der Waals surface area contributed by atoms with Crippen LogP contribution in [0.2, 0.25) is 0 Å². The molecule has 1 saturated carbocycles. The summed E-state index contributed by atoms with van der Waals surface area (Å²) < 4.78 is 10.8. The van der Waals surface area contributed by atoms with Gasteiger partial charge in [0.05, 0.1) is 14.2 Å². The predicted octanol–water partition coefficient (Wildman–Crippen LogP) is 3.59. The van der Waals surface area contributed by atoms with Gasteiger partial charge in [0, 0.05) is 6.54 Å². The van der Waals surface area contributed by atoms with Gasteiger partial charge in [-0.2, -0.15) is 0 Å².